The van der Waals surface area contributed by atoms with Crippen LogP contribution < -0.4 is 11.1 Å². The fraction of sp³-hybridized carbons (Fsp3) is 0.483. The number of rotatable bonds is 8. The first-order chi connectivity index (χ1) is 18.5. The average molecular weight is 514 g/mol. The Hall–Kier alpha value is -3.75. The molecular formula is C29H35N7O2. The molecule has 2 aliphatic rings. The molecule has 2 saturated carbocycles. The van der Waals surface area contributed by atoms with Gasteiger partial charge in [0, 0.05) is 12.6 Å². The highest BCUT2D eigenvalue weighted by Crippen LogP contribution is 2.35. The van der Waals surface area contributed by atoms with Crippen LogP contribution in [0.2, 0.25) is 0 Å². The first-order valence-corrected chi connectivity index (χ1v) is 13.9. The van der Waals surface area contributed by atoms with Gasteiger partial charge in [-0.2, -0.15) is 0 Å². The molecule has 0 bridgehead atoms. The summed E-state index contributed by atoms with van der Waals surface area (Å²) in [5, 5.41) is 7.53. The summed E-state index contributed by atoms with van der Waals surface area (Å²) in [6.07, 6.45) is 12.8. The average Bonchev–Trinajstić information content (AvgIpc) is 3.47. The van der Waals surface area contributed by atoms with Gasteiger partial charge in [-0.1, -0.05) is 67.8 Å². The Balaban J connectivity index is 1.47. The minimum Gasteiger partial charge on any atom is -0.365 e. The second kappa shape index (κ2) is 10.6. The van der Waals surface area contributed by atoms with Gasteiger partial charge in [0.15, 0.2) is 11.5 Å². The van der Waals surface area contributed by atoms with Crippen molar-refractivity contribution in [3.05, 3.63) is 52.3 Å². The minimum absolute atomic E-state index is 0.202. The number of benzene rings is 1. The number of hydrogen-bond acceptors (Lipinski definition) is 7. The summed E-state index contributed by atoms with van der Waals surface area (Å²) in [6, 6.07) is 10.5. The van der Waals surface area contributed by atoms with E-state index in [1.807, 2.05) is 18.2 Å². The normalized spacial score (nSPS) is 21.1. The molecule has 0 amide bonds. The molecule has 3 aromatic heterocycles. The van der Waals surface area contributed by atoms with E-state index in [-0.39, 0.29) is 11.9 Å². The number of fused-ring (bicyclic) bond motifs is 1. The van der Waals surface area contributed by atoms with Crippen molar-refractivity contribution in [3.63, 3.8) is 0 Å². The summed E-state index contributed by atoms with van der Waals surface area (Å²) in [5.41, 5.74) is 2.60. The molecule has 0 unspecified atom stereocenters. The van der Waals surface area contributed by atoms with Crippen LogP contribution in [-0.4, -0.2) is 35.7 Å². The molecule has 9 heteroatoms. The van der Waals surface area contributed by atoms with Gasteiger partial charge in [0.05, 0.1) is 0 Å². The van der Waals surface area contributed by atoms with Crippen LogP contribution in [0.4, 0.5) is 5.82 Å². The lowest BCUT2D eigenvalue weighted by atomic mass is 9.80. The molecule has 3 heterocycles. The van der Waals surface area contributed by atoms with E-state index in [1.165, 1.54) is 44.9 Å². The van der Waals surface area contributed by atoms with Crippen LogP contribution in [0.3, 0.4) is 0 Å². The zero-order chi connectivity index (χ0) is 26.1. The summed E-state index contributed by atoms with van der Waals surface area (Å²) in [5.74, 6) is 3.42. The van der Waals surface area contributed by atoms with Crippen molar-refractivity contribution in [1.29, 1.82) is 0 Å². The lowest BCUT2D eigenvalue weighted by Crippen LogP contribution is -2.31. The third-order valence-electron chi connectivity index (χ3n) is 8.31. The lowest BCUT2D eigenvalue weighted by molar-refractivity contribution is 0.266. The van der Waals surface area contributed by atoms with Crippen molar-refractivity contribution >= 4 is 29.1 Å². The maximum absolute atomic E-state index is 11.7. The Morgan fingerprint density at radius 1 is 1.08 bits per heavy atom. The van der Waals surface area contributed by atoms with Crippen molar-refractivity contribution in [2.75, 3.05) is 5.32 Å². The standard InChI is InChI=1S/C29H35N7O2/c1-18-11-13-21(14-12-18)17-36-23(16-15-20-7-4-3-5-8-20)31-26-24(36)25(30-19(2)22-9-6-10-22)32-27(33-26)28-34-29(37)38-35-28/h3-5,7-8,15-16,18-19,21-22H,6,9-14,17H2,1-2H3,(H,30,32,33)(H,34,35,37)/t18?,19-,21?/m1/s1. The fourth-order valence-corrected chi connectivity index (χ4v) is 5.68. The summed E-state index contributed by atoms with van der Waals surface area (Å²) in [4.78, 5) is 28.8. The van der Waals surface area contributed by atoms with Crippen LogP contribution >= 0.6 is 0 Å². The SMILES string of the molecule is CC1CCC(Cn2c(C=Cc3ccccc3)nc3nc(-c4noc(=O)[nH]4)nc(N[C@H](C)C4CCC4)c32)CC1. The Kier molecular flexibility index (Phi) is 6.82. The van der Waals surface area contributed by atoms with Gasteiger partial charge in [0.2, 0.25) is 11.6 Å². The van der Waals surface area contributed by atoms with Crippen LogP contribution in [0.5, 0.6) is 0 Å². The number of nitrogens with zero attached hydrogens (tertiary/aromatic N) is 5. The van der Waals surface area contributed by atoms with Gasteiger partial charge < -0.3 is 9.88 Å². The molecule has 38 heavy (non-hydrogen) atoms. The zero-order valence-electron chi connectivity index (χ0n) is 22.1. The molecule has 0 aliphatic heterocycles. The molecule has 1 aromatic carbocycles. The van der Waals surface area contributed by atoms with E-state index in [0.717, 1.165) is 35.2 Å². The molecular weight excluding hydrogens is 478 g/mol. The van der Waals surface area contributed by atoms with Crippen LogP contribution in [0.1, 0.15) is 70.2 Å². The molecule has 0 saturated heterocycles. The Bertz CT molecular complexity index is 1470. The fourth-order valence-electron chi connectivity index (χ4n) is 5.68. The monoisotopic (exact) mass is 513 g/mol. The largest absolute Gasteiger partial charge is 0.439 e. The number of imidazole rings is 1. The van der Waals surface area contributed by atoms with Crippen molar-refractivity contribution < 1.29 is 4.52 Å². The molecule has 2 N–H and O–H groups in total. The number of hydrogen-bond donors (Lipinski definition) is 2. The second-order valence-corrected chi connectivity index (χ2v) is 11.1. The van der Waals surface area contributed by atoms with Crippen LogP contribution in [0.25, 0.3) is 35.0 Å². The summed E-state index contributed by atoms with van der Waals surface area (Å²) < 4.78 is 7.04. The van der Waals surface area contributed by atoms with E-state index in [2.05, 4.69) is 58.2 Å². The topological polar surface area (TPSA) is 115 Å². The molecule has 6 rings (SSSR count). The van der Waals surface area contributed by atoms with Crippen molar-refractivity contribution in [2.24, 2.45) is 17.8 Å². The Labute approximate surface area is 221 Å². The molecule has 0 radical (unpaired) electrons. The number of anilines is 1. The van der Waals surface area contributed by atoms with E-state index < -0.39 is 5.76 Å². The number of aromatic nitrogens is 6. The van der Waals surface area contributed by atoms with E-state index in [1.54, 1.807) is 0 Å². The third-order valence-corrected chi connectivity index (χ3v) is 8.31. The van der Waals surface area contributed by atoms with E-state index in [9.17, 15) is 4.79 Å². The molecule has 2 fully saturated rings. The molecule has 0 spiro atoms. The van der Waals surface area contributed by atoms with Crippen molar-refractivity contribution in [1.82, 2.24) is 29.7 Å². The second-order valence-electron chi connectivity index (χ2n) is 11.1. The Morgan fingerprint density at radius 3 is 2.55 bits per heavy atom. The predicted molar refractivity (Wildman–Crippen MR) is 148 cm³/mol. The van der Waals surface area contributed by atoms with Gasteiger partial charge in [-0.25, -0.2) is 19.7 Å². The summed E-state index contributed by atoms with van der Waals surface area (Å²) in [7, 11) is 0. The van der Waals surface area contributed by atoms with Crippen molar-refractivity contribution in [3.8, 4) is 11.6 Å². The first kappa shape index (κ1) is 24.6. The maximum Gasteiger partial charge on any atom is 0.439 e. The quantitative estimate of drug-likeness (QED) is 0.307. The molecule has 4 aromatic rings. The van der Waals surface area contributed by atoms with Gasteiger partial charge in [-0.3, -0.25) is 9.51 Å². The molecule has 1 atom stereocenters. The number of H-pyrrole nitrogens is 1. The van der Waals surface area contributed by atoms with Crippen molar-refractivity contribution in [2.45, 2.75) is 71.4 Å². The summed E-state index contributed by atoms with van der Waals surface area (Å²) >= 11 is 0. The van der Waals surface area contributed by atoms with E-state index >= 15 is 0 Å². The van der Waals surface area contributed by atoms with Gasteiger partial charge in [-0.15, -0.1) is 0 Å². The summed E-state index contributed by atoms with van der Waals surface area (Å²) in [6.45, 7) is 5.44. The van der Waals surface area contributed by atoms with Crippen LogP contribution in [0.15, 0.2) is 39.6 Å². The third kappa shape index (κ3) is 5.14. The van der Waals surface area contributed by atoms with Crippen LogP contribution in [0, 0.1) is 17.8 Å². The van der Waals surface area contributed by atoms with Gasteiger partial charge in [0.25, 0.3) is 0 Å². The highest BCUT2D eigenvalue weighted by atomic mass is 16.5. The molecule has 2 aliphatic carbocycles. The maximum atomic E-state index is 11.7. The van der Waals surface area contributed by atoms with E-state index in [0.29, 0.717) is 23.3 Å². The minimum atomic E-state index is -0.635. The van der Waals surface area contributed by atoms with Crippen LogP contribution in [-0.2, 0) is 6.54 Å². The molecule has 198 valence electrons. The number of nitrogens with one attached hydrogen (secondary N) is 2. The zero-order valence-corrected chi connectivity index (χ0v) is 22.1. The Morgan fingerprint density at radius 2 is 1.87 bits per heavy atom. The lowest BCUT2D eigenvalue weighted by Gasteiger charge is -2.32. The molecule has 9 nitrogen and oxygen atoms in total. The van der Waals surface area contributed by atoms with Gasteiger partial charge in [0.1, 0.15) is 11.3 Å². The highest BCUT2D eigenvalue weighted by Gasteiger charge is 2.28. The smallest absolute Gasteiger partial charge is 0.365 e. The highest BCUT2D eigenvalue weighted by molar-refractivity contribution is 5.87. The number of aromatic amines is 1. The van der Waals surface area contributed by atoms with Gasteiger partial charge >= 0.3 is 5.76 Å². The predicted octanol–water partition coefficient (Wildman–Crippen LogP) is 5.77. The van der Waals surface area contributed by atoms with E-state index in [4.69, 9.17) is 19.5 Å². The van der Waals surface area contributed by atoms with Gasteiger partial charge in [-0.05, 0) is 62.0 Å². The first-order valence-electron chi connectivity index (χ1n) is 13.9.